The van der Waals surface area contributed by atoms with Gasteiger partial charge in [-0.05, 0) is 56.2 Å². The monoisotopic (exact) mass is 531 g/mol. The van der Waals surface area contributed by atoms with E-state index >= 15 is 0 Å². The average molecular weight is 532 g/mol. The Morgan fingerprint density at radius 2 is 1.79 bits per heavy atom. The molecule has 10 heteroatoms. The lowest BCUT2D eigenvalue weighted by Gasteiger charge is -2.22. The predicted octanol–water partition coefficient (Wildman–Crippen LogP) is 4.38. The predicted molar refractivity (Wildman–Crippen MR) is 148 cm³/mol. The minimum Gasteiger partial charge on any atom is -0.456 e. The minimum absolute atomic E-state index is 0.0304. The van der Waals surface area contributed by atoms with Crippen LogP contribution in [0.2, 0.25) is 0 Å². The van der Waals surface area contributed by atoms with Crippen LogP contribution in [0.4, 0.5) is 5.69 Å². The Balaban J connectivity index is 1.55. The van der Waals surface area contributed by atoms with Crippen LogP contribution in [0.1, 0.15) is 68.3 Å². The molecular weight excluding hydrogens is 498 g/mol. The van der Waals surface area contributed by atoms with E-state index in [9.17, 15) is 14.4 Å². The largest absolute Gasteiger partial charge is 0.456 e. The van der Waals surface area contributed by atoms with Gasteiger partial charge in [0.1, 0.15) is 11.7 Å². The molecule has 4 rings (SSSR count). The fourth-order valence-electron chi connectivity index (χ4n) is 4.36. The number of aromatic nitrogens is 3. The van der Waals surface area contributed by atoms with Gasteiger partial charge in [0.15, 0.2) is 0 Å². The molecule has 0 bridgehead atoms. The normalized spacial score (nSPS) is 11.9. The third-order valence-electron chi connectivity index (χ3n) is 6.49. The van der Waals surface area contributed by atoms with E-state index < -0.39 is 17.7 Å². The summed E-state index contributed by atoms with van der Waals surface area (Å²) in [6.07, 6.45) is 0.969. The van der Waals surface area contributed by atoms with Gasteiger partial charge in [-0.2, -0.15) is 0 Å². The number of carbonyl (C=O) groups excluding carboxylic acids is 2. The lowest BCUT2D eigenvalue weighted by Crippen LogP contribution is -2.30. The summed E-state index contributed by atoms with van der Waals surface area (Å²) in [6.45, 7) is 11.0. The summed E-state index contributed by atoms with van der Waals surface area (Å²) in [5, 5.41) is 11.8. The molecule has 0 aliphatic heterocycles. The number of hydrogen-bond donors (Lipinski definition) is 1. The highest BCUT2D eigenvalue weighted by Crippen LogP contribution is 2.29. The lowest BCUT2D eigenvalue weighted by atomic mass is 10.0. The summed E-state index contributed by atoms with van der Waals surface area (Å²) in [4.78, 5) is 39.5. The number of amides is 1. The Kier molecular flexibility index (Phi) is 8.43. The molecule has 0 aliphatic rings. The van der Waals surface area contributed by atoms with Crippen LogP contribution in [0.25, 0.3) is 16.7 Å². The highest BCUT2D eigenvalue weighted by molar-refractivity contribution is 5.94. The first-order chi connectivity index (χ1) is 18.7. The van der Waals surface area contributed by atoms with E-state index in [4.69, 9.17) is 9.15 Å². The van der Waals surface area contributed by atoms with Crippen molar-refractivity contribution in [2.75, 3.05) is 24.5 Å². The average Bonchev–Trinajstić information content (AvgIpc) is 3.42. The van der Waals surface area contributed by atoms with Crippen molar-refractivity contribution < 1.29 is 18.7 Å². The summed E-state index contributed by atoms with van der Waals surface area (Å²) in [5.74, 6) is -0.629. The van der Waals surface area contributed by atoms with Crippen LogP contribution in [-0.2, 0) is 9.53 Å². The summed E-state index contributed by atoms with van der Waals surface area (Å²) in [7, 11) is 0. The fraction of sp³-hybridized carbons (Fsp3) is 0.345. The molecule has 2 aromatic carbocycles. The molecule has 2 aromatic heterocycles. The van der Waals surface area contributed by atoms with Gasteiger partial charge in [0.2, 0.25) is 0 Å². The van der Waals surface area contributed by atoms with Gasteiger partial charge >= 0.3 is 11.6 Å². The Morgan fingerprint density at radius 3 is 2.41 bits per heavy atom. The van der Waals surface area contributed by atoms with Crippen LogP contribution in [-0.4, -0.2) is 46.5 Å². The molecule has 0 spiro atoms. The van der Waals surface area contributed by atoms with Gasteiger partial charge in [0.25, 0.3) is 5.91 Å². The number of benzene rings is 2. The number of fused-ring (bicyclic) bond motifs is 1. The van der Waals surface area contributed by atoms with Crippen LogP contribution in [0.3, 0.4) is 0 Å². The van der Waals surface area contributed by atoms with Crippen molar-refractivity contribution in [2.45, 2.75) is 46.6 Å². The smallest absolute Gasteiger partial charge is 0.336 e. The van der Waals surface area contributed by atoms with Crippen molar-refractivity contribution in [1.82, 2.24) is 20.3 Å². The van der Waals surface area contributed by atoms with Gasteiger partial charge in [-0.1, -0.05) is 19.1 Å². The van der Waals surface area contributed by atoms with Gasteiger partial charge in [-0.3, -0.25) is 9.59 Å². The second-order valence-corrected chi connectivity index (χ2v) is 9.47. The molecule has 39 heavy (non-hydrogen) atoms. The maximum absolute atomic E-state index is 13.0. The molecular formula is C29H33N5O5. The number of ether oxygens (including phenoxy) is 1. The van der Waals surface area contributed by atoms with E-state index in [0.29, 0.717) is 22.1 Å². The first-order valence-electron chi connectivity index (χ1n) is 13.0. The molecule has 1 atom stereocenters. The second kappa shape index (κ2) is 11.9. The molecule has 0 saturated carbocycles. The molecule has 10 nitrogen and oxygen atoms in total. The zero-order valence-electron chi connectivity index (χ0n) is 22.8. The van der Waals surface area contributed by atoms with E-state index in [1.165, 1.54) is 13.0 Å². The number of hydrogen-bond acceptors (Lipinski definition) is 8. The van der Waals surface area contributed by atoms with Crippen molar-refractivity contribution >= 4 is 28.5 Å². The van der Waals surface area contributed by atoms with Gasteiger partial charge in [0, 0.05) is 54.3 Å². The third kappa shape index (κ3) is 6.34. The van der Waals surface area contributed by atoms with Crippen LogP contribution >= 0.6 is 0 Å². The molecule has 4 aromatic rings. The molecule has 0 fully saturated rings. The molecule has 1 amide bonds. The molecule has 204 valence electrons. The first kappa shape index (κ1) is 27.6. The van der Waals surface area contributed by atoms with Crippen molar-refractivity contribution in [2.24, 2.45) is 0 Å². The number of carbonyl (C=O) groups is 2. The fourth-order valence-corrected chi connectivity index (χ4v) is 4.36. The van der Waals surface area contributed by atoms with Gasteiger partial charge < -0.3 is 19.4 Å². The minimum atomic E-state index is -0.888. The van der Waals surface area contributed by atoms with Crippen LogP contribution < -0.4 is 15.8 Å². The van der Waals surface area contributed by atoms with E-state index in [1.54, 1.807) is 35.0 Å². The zero-order valence-corrected chi connectivity index (χ0v) is 22.8. The van der Waals surface area contributed by atoms with E-state index in [-0.39, 0.29) is 18.4 Å². The number of anilines is 1. The van der Waals surface area contributed by atoms with Crippen LogP contribution in [0.5, 0.6) is 0 Å². The Labute approximate surface area is 226 Å². The third-order valence-corrected chi connectivity index (χ3v) is 6.49. The highest BCUT2D eigenvalue weighted by atomic mass is 16.5. The second-order valence-electron chi connectivity index (χ2n) is 9.47. The van der Waals surface area contributed by atoms with Gasteiger partial charge in [0.05, 0.1) is 24.1 Å². The maximum atomic E-state index is 13.0. The summed E-state index contributed by atoms with van der Waals surface area (Å²) < 4.78 is 12.7. The van der Waals surface area contributed by atoms with Crippen LogP contribution in [0, 0.1) is 0 Å². The lowest BCUT2D eigenvalue weighted by molar-refractivity contribution is -0.146. The zero-order chi connectivity index (χ0) is 28.1. The molecule has 0 aliphatic carbocycles. The van der Waals surface area contributed by atoms with Crippen molar-refractivity contribution in [3.8, 4) is 5.69 Å². The van der Waals surface area contributed by atoms with E-state index in [1.807, 2.05) is 46.0 Å². The van der Waals surface area contributed by atoms with Crippen molar-refractivity contribution in [3.05, 3.63) is 82.0 Å². The molecule has 0 saturated heterocycles. The quantitative estimate of drug-likeness (QED) is 0.237. The summed E-state index contributed by atoms with van der Waals surface area (Å²) in [5.41, 5.74) is 3.27. The number of rotatable bonds is 10. The van der Waals surface area contributed by atoms with E-state index in [2.05, 4.69) is 20.5 Å². The Bertz CT molecular complexity index is 1520. The standard InChI is InChI=1S/C29H33N5O5/c1-6-33(7-2)22-12-13-23-24(15-28(36)39-26(23)14-22)27(38-19(5)35)16-30-29(37)20-8-10-21(11-9-20)34-17-25(18(3)4)31-32-34/h8-15,17-18,27H,6-7,16H2,1-5H3,(H,30,37). The Morgan fingerprint density at radius 1 is 1.08 bits per heavy atom. The van der Waals surface area contributed by atoms with Crippen molar-refractivity contribution in [1.29, 1.82) is 0 Å². The molecule has 1 unspecified atom stereocenters. The number of esters is 1. The molecule has 2 heterocycles. The first-order valence-corrected chi connectivity index (χ1v) is 13.0. The summed E-state index contributed by atoms with van der Waals surface area (Å²) in [6, 6.07) is 13.8. The van der Waals surface area contributed by atoms with E-state index in [0.717, 1.165) is 30.2 Å². The van der Waals surface area contributed by atoms with Crippen molar-refractivity contribution in [3.63, 3.8) is 0 Å². The Hall–Kier alpha value is -4.47. The number of nitrogens with zero attached hydrogens (tertiary/aromatic N) is 4. The van der Waals surface area contributed by atoms with Gasteiger partial charge in [-0.25, -0.2) is 9.48 Å². The molecule has 1 N–H and O–H groups in total. The highest BCUT2D eigenvalue weighted by Gasteiger charge is 2.22. The number of nitrogens with one attached hydrogen (secondary N) is 1. The van der Waals surface area contributed by atoms with Crippen LogP contribution in [0.15, 0.2) is 63.9 Å². The molecule has 0 radical (unpaired) electrons. The topological polar surface area (TPSA) is 120 Å². The maximum Gasteiger partial charge on any atom is 0.336 e. The van der Waals surface area contributed by atoms with Gasteiger partial charge in [-0.15, -0.1) is 5.10 Å². The SMILES string of the molecule is CCN(CC)c1ccc2c(C(CNC(=O)c3ccc(-n4cc(C(C)C)nn4)cc3)OC(C)=O)cc(=O)oc2c1. The summed E-state index contributed by atoms with van der Waals surface area (Å²) >= 11 is 0.